The van der Waals surface area contributed by atoms with Crippen LogP contribution in [0.3, 0.4) is 0 Å². The monoisotopic (exact) mass is 183 g/mol. The smallest absolute Gasteiger partial charge is 0.229 e. The highest BCUT2D eigenvalue weighted by molar-refractivity contribution is 5.86. The molecule has 0 aromatic heterocycles. The van der Waals surface area contributed by atoms with Crippen molar-refractivity contribution >= 4 is 5.91 Å². The SMILES string of the molecule is CCN(CC)C(=O)C1(C)[C@H](C)[C@@H]1C. The summed E-state index contributed by atoms with van der Waals surface area (Å²) in [6.07, 6.45) is 0. The van der Waals surface area contributed by atoms with Crippen LogP contribution in [0.4, 0.5) is 0 Å². The van der Waals surface area contributed by atoms with Gasteiger partial charge in [-0.1, -0.05) is 20.8 Å². The molecule has 2 nitrogen and oxygen atoms in total. The molecule has 0 spiro atoms. The van der Waals surface area contributed by atoms with Gasteiger partial charge in [0.15, 0.2) is 0 Å². The summed E-state index contributed by atoms with van der Waals surface area (Å²) in [5, 5.41) is 0. The molecule has 1 fully saturated rings. The fourth-order valence-electron chi connectivity index (χ4n) is 2.23. The Morgan fingerprint density at radius 2 is 1.62 bits per heavy atom. The molecule has 0 saturated heterocycles. The van der Waals surface area contributed by atoms with E-state index in [-0.39, 0.29) is 5.41 Å². The first kappa shape index (κ1) is 10.6. The van der Waals surface area contributed by atoms with Gasteiger partial charge in [0.2, 0.25) is 5.91 Å². The molecule has 0 aromatic rings. The Kier molecular flexibility index (Phi) is 2.69. The maximum Gasteiger partial charge on any atom is 0.229 e. The average Bonchev–Trinajstić information content (AvgIpc) is 2.60. The van der Waals surface area contributed by atoms with Crippen molar-refractivity contribution in [3.05, 3.63) is 0 Å². The minimum absolute atomic E-state index is 0.0635. The van der Waals surface area contributed by atoms with Gasteiger partial charge in [-0.05, 0) is 25.7 Å². The normalized spacial score (nSPS) is 37.3. The molecule has 0 radical (unpaired) electrons. The largest absolute Gasteiger partial charge is 0.343 e. The Hall–Kier alpha value is -0.530. The van der Waals surface area contributed by atoms with E-state index in [1.807, 2.05) is 18.7 Å². The lowest BCUT2D eigenvalue weighted by Gasteiger charge is -2.23. The summed E-state index contributed by atoms with van der Waals surface area (Å²) in [7, 11) is 0. The third-order valence-corrected chi connectivity index (χ3v) is 4.04. The van der Waals surface area contributed by atoms with Crippen molar-refractivity contribution < 1.29 is 4.79 Å². The van der Waals surface area contributed by atoms with Gasteiger partial charge in [-0.15, -0.1) is 0 Å². The number of rotatable bonds is 3. The maximum absolute atomic E-state index is 12.0. The van der Waals surface area contributed by atoms with Crippen LogP contribution in [-0.4, -0.2) is 23.9 Å². The van der Waals surface area contributed by atoms with Crippen LogP contribution in [-0.2, 0) is 4.79 Å². The Morgan fingerprint density at radius 3 is 1.85 bits per heavy atom. The predicted octanol–water partition coefficient (Wildman–Crippen LogP) is 2.15. The topological polar surface area (TPSA) is 20.3 Å². The highest BCUT2D eigenvalue weighted by atomic mass is 16.2. The third-order valence-electron chi connectivity index (χ3n) is 4.04. The van der Waals surface area contributed by atoms with Crippen molar-refractivity contribution in [3.8, 4) is 0 Å². The first-order chi connectivity index (χ1) is 6.00. The zero-order chi connectivity index (χ0) is 10.2. The number of hydrogen-bond acceptors (Lipinski definition) is 1. The summed E-state index contributed by atoms with van der Waals surface area (Å²) in [6, 6.07) is 0. The lowest BCUT2D eigenvalue weighted by molar-refractivity contribution is -0.136. The molecule has 0 heterocycles. The lowest BCUT2D eigenvalue weighted by atomic mass is 10.0. The van der Waals surface area contributed by atoms with Crippen molar-refractivity contribution in [1.82, 2.24) is 4.90 Å². The predicted molar refractivity (Wildman–Crippen MR) is 54.4 cm³/mol. The highest BCUT2D eigenvalue weighted by Crippen LogP contribution is 2.58. The minimum Gasteiger partial charge on any atom is -0.343 e. The van der Waals surface area contributed by atoms with Gasteiger partial charge in [0.1, 0.15) is 0 Å². The van der Waals surface area contributed by atoms with Crippen molar-refractivity contribution in [3.63, 3.8) is 0 Å². The molecule has 0 aromatic carbocycles. The van der Waals surface area contributed by atoms with Gasteiger partial charge in [0.25, 0.3) is 0 Å². The summed E-state index contributed by atoms with van der Waals surface area (Å²) in [4.78, 5) is 14.0. The molecule has 1 saturated carbocycles. The molecule has 0 bridgehead atoms. The van der Waals surface area contributed by atoms with E-state index in [9.17, 15) is 4.79 Å². The second-order valence-corrected chi connectivity index (χ2v) is 4.34. The Morgan fingerprint density at radius 1 is 1.23 bits per heavy atom. The van der Waals surface area contributed by atoms with Gasteiger partial charge >= 0.3 is 0 Å². The van der Waals surface area contributed by atoms with Crippen molar-refractivity contribution in [2.24, 2.45) is 17.3 Å². The van der Waals surface area contributed by atoms with E-state index in [0.717, 1.165) is 13.1 Å². The van der Waals surface area contributed by atoms with Crippen LogP contribution in [0.25, 0.3) is 0 Å². The van der Waals surface area contributed by atoms with E-state index >= 15 is 0 Å². The summed E-state index contributed by atoms with van der Waals surface area (Å²) >= 11 is 0. The van der Waals surface area contributed by atoms with E-state index in [0.29, 0.717) is 17.7 Å². The van der Waals surface area contributed by atoms with Gasteiger partial charge < -0.3 is 4.90 Å². The van der Waals surface area contributed by atoms with E-state index in [2.05, 4.69) is 20.8 Å². The van der Waals surface area contributed by atoms with Crippen LogP contribution >= 0.6 is 0 Å². The van der Waals surface area contributed by atoms with Crippen molar-refractivity contribution in [2.75, 3.05) is 13.1 Å². The average molecular weight is 183 g/mol. The second kappa shape index (κ2) is 3.32. The van der Waals surface area contributed by atoms with Crippen LogP contribution < -0.4 is 0 Å². The molecule has 0 N–H and O–H groups in total. The zero-order valence-electron chi connectivity index (χ0n) is 9.42. The Labute approximate surface area is 81.3 Å². The fraction of sp³-hybridized carbons (Fsp3) is 0.909. The van der Waals surface area contributed by atoms with Crippen LogP contribution in [0, 0.1) is 17.3 Å². The summed E-state index contributed by atoms with van der Waals surface area (Å²) in [5.41, 5.74) is -0.0635. The lowest BCUT2D eigenvalue weighted by Crippen LogP contribution is -2.37. The zero-order valence-corrected chi connectivity index (χ0v) is 9.42. The van der Waals surface area contributed by atoms with Gasteiger partial charge in [-0.3, -0.25) is 4.79 Å². The molecule has 76 valence electrons. The maximum atomic E-state index is 12.0. The van der Waals surface area contributed by atoms with E-state index in [1.165, 1.54) is 0 Å². The third kappa shape index (κ3) is 1.36. The number of nitrogens with zero attached hydrogens (tertiary/aromatic N) is 1. The molecular formula is C11H21NO. The molecule has 0 aliphatic heterocycles. The molecule has 1 aliphatic rings. The fourth-order valence-corrected chi connectivity index (χ4v) is 2.23. The first-order valence-corrected chi connectivity index (χ1v) is 5.29. The molecule has 1 aliphatic carbocycles. The Bertz CT molecular complexity index is 200. The van der Waals surface area contributed by atoms with Crippen molar-refractivity contribution in [2.45, 2.75) is 34.6 Å². The first-order valence-electron chi connectivity index (χ1n) is 5.29. The van der Waals surface area contributed by atoms with Gasteiger partial charge in [0.05, 0.1) is 5.41 Å². The number of carbonyl (C=O) groups excluding carboxylic acids is 1. The summed E-state index contributed by atoms with van der Waals surface area (Å²) < 4.78 is 0. The van der Waals surface area contributed by atoms with E-state index in [1.54, 1.807) is 0 Å². The van der Waals surface area contributed by atoms with Crippen molar-refractivity contribution in [1.29, 1.82) is 0 Å². The summed E-state index contributed by atoms with van der Waals surface area (Å²) in [6.45, 7) is 12.2. The molecule has 1 amide bonds. The van der Waals surface area contributed by atoms with Crippen LogP contribution in [0.1, 0.15) is 34.6 Å². The number of amides is 1. The molecule has 2 heteroatoms. The quantitative estimate of drug-likeness (QED) is 0.656. The van der Waals surface area contributed by atoms with Gasteiger partial charge in [-0.25, -0.2) is 0 Å². The van der Waals surface area contributed by atoms with E-state index in [4.69, 9.17) is 0 Å². The standard InChI is InChI=1S/C11H21NO/c1-6-12(7-2)10(13)11(5)8(3)9(11)4/h8-9H,6-7H2,1-5H3/t8-,9+,11?. The van der Waals surface area contributed by atoms with Gasteiger partial charge in [-0.2, -0.15) is 0 Å². The van der Waals surface area contributed by atoms with Gasteiger partial charge in [0, 0.05) is 13.1 Å². The number of hydrogen-bond donors (Lipinski definition) is 0. The second-order valence-electron chi connectivity index (χ2n) is 4.34. The molecular weight excluding hydrogens is 162 g/mol. The molecule has 1 rings (SSSR count). The van der Waals surface area contributed by atoms with Crippen LogP contribution in [0.15, 0.2) is 0 Å². The highest BCUT2D eigenvalue weighted by Gasteiger charge is 2.61. The molecule has 3 atom stereocenters. The molecule has 1 unspecified atom stereocenters. The number of carbonyl (C=O) groups is 1. The van der Waals surface area contributed by atoms with Crippen LogP contribution in [0.2, 0.25) is 0 Å². The van der Waals surface area contributed by atoms with Crippen LogP contribution in [0.5, 0.6) is 0 Å². The van der Waals surface area contributed by atoms with E-state index < -0.39 is 0 Å². The minimum atomic E-state index is -0.0635. The summed E-state index contributed by atoms with van der Waals surface area (Å²) in [5.74, 6) is 1.46. The molecule has 13 heavy (non-hydrogen) atoms. The Balaban J connectivity index is 2.68.